The minimum atomic E-state index is 1.20. The second kappa shape index (κ2) is 18.4. The molecule has 0 radical (unpaired) electrons. The van der Waals surface area contributed by atoms with Crippen LogP contribution in [0.4, 0.5) is 0 Å². The van der Waals surface area contributed by atoms with Gasteiger partial charge in [0.1, 0.15) is 0 Å². The zero-order valence-electron chi connectivity index (χ0n) is 13.7. The summed E-state index contributed by atoms with van der Waals surface area (Å²) in [5, 5.41) is 0. The molecule has 0 aromatic rings. The quantitative estimate of drug-likeness (QED) is 0.250. The maximum atomic E-state index is 3.61. The Kier molecular flexibility index (Phi) is 17.1. The highest BCUT2D eigenvalue weighted by Gasteiger charge is 1.88. The van der Waals surface area contributed by atoms with E-state index in [0.29, 0.717) is 0 Å². The summed E-state index contributed by atoms with van der Waals surface area (Å²) < 4.78 is 0. The van der Waals surface area contributed by atoms with Crippen molar-refractivity contribution in [2.45, 2.75) is 58.3 Å². The van der Waals surface area contributed by atoms with Crippen LogP contribution in [0.25, 0.3) is 0 Å². The average Bonchev–Trinajstić information content (AvgIpc) is 2.50. The first-order chi connectivity index (χ1) is 10.4. The van der Waals surface area contributed by atoms with Crippen molar-refractivity contribution in [3.63, 3.8) is 0 Å². The highest BCUT2D eigenvalue weighted by atomic mass is 13.9. The molecule has 0 nitrogen and oxygen atoms in total. The number of allylic oxidation sites excluding steroid dienone is 11. The van der Waals surface area contributed by atoms with E-state index in [-0.39, 0.29) is 0 Å². The standard InChI is InChI=1S/C21H32/c1-3-5-7-9-11-13-15-17-19-21-20-18-16-14-12-10-8-6-4-2/h3,5,7,9,11,13,15,17,19-21H,1,4,6,8,10,12,14,16,18H2,2H3/b7-5+,11-9+,15-13+,19-17+,21-20+. The molecule has 0 aliphatic carbocycles. The first-order valence-corrected chi connectivity index (χ1v) is 8.36. The molecule has 0 saturated carbocycles. The predicted octanol–water partition coefficient (Wildman–Crippen LogP) is 7.09. The van der Waals surface area contributed by atoms with Crippen molar-refractivity contribution in [2.24, 2.45) is 0 Å². The third-order valence-electron chi connectivity index (χ3n) is 3.14. The molecule has 0 heteroatoms. The van der Waals surface area contributed by atoms with E-state index in [9.17, 15) is 0 Å². The van der Waals surface area contributed by atoms with Crippen LogP contribution in [-0.2, 0) is 0 Å². The van der Waals surface area contributed by atoms with Crippen LogP contribution >= 0.6 is 0 Å². The first-order valence-electron chi connectivity index (χ1n) is 8.36. The minimum Gasteiger partial charge on any atom is -0.0991 e. The molecule has 0 amide bonds. The summed E-state index contributed by atoms with van der Waals surface area (Å²) in [6.07, 6.45) is 33.1. The van der Waals surface area contributed by atoms with Crippen LogP contribution < -0.4 is 0 Å². The van der Waals surface area contributed by atoms with Gasteiger partial charge in [-0.15, -0.1) is 0 Å². The van der Waals surface area contributed by atoms with Gasteiger partial charge >= 0.3 is 0 Å². The second-order valence-electron chi connectivity index (χ2n) is 5.11. The molecule has 0 atom stereocenters. The normalized spacial score (nSPS) is 12.8. The summed E-state index contributed by atoms with van der Waals surface area (Å²) in [7, 11) is 0. The van der Waals surface area contributed by atoms with Gasteiger partial charge in [-0.05, 0) is 12.8 Å². The van der Waals surface area contributed by atoms with Crippen molar-refractivity contribution in [3.05, 3.63) is 73.4 Å². The third kappa shape index (κ3) is 18.4. The molecule has 0 rings (SSSR count). The monoisotopic (exact) mass is 284 g/mol. The van der Waals surface area contributed by atoms with Crippen LogP contribution in [-0.4, -0.2) is 0 Å². The molecular formula is C21H32. The maximum Gasteiger partial charge on any atom is -0.0348 e. The zero-order chi connectivity index (χ0) is 15.4. The first kappa shape index (κ1) is 19.4. The Balaban J connectivity index is 3.44. The molecule has 116 valence electrons. The zero-order valence-corrected chi connectivity index (χ0v) is 13.7. The van der Waals surface area contributed by atoms with E-state index in [0.717, 1.165) is 0 Å². The van der Waals surface area contributed by atoms with E-state index < -0.39 is 0 Å². The van der Waals surface area contributed by atoms with Crippen LogP contribution in [0, 0.1) is 0 Å². The van der Waals surface area contributed by atoms with E-state index in [2.05, 4.69) is 37.8 Å². The highest BCUT2D eigenvalue weighted by Crippen LogP contribution is 2.08. The highest BCUT2D eigenvalue weighted by molar-refractivity contribution is 5.18. The van der Waals surface area contributed by atoms with Gasteiger partial charge in [0, 0.05) is 0 Å². The van der Waals surface area contributed by atoms with Gasteiger partial charge in [0.2, 0.25) is 0 Å². The molecule has 0 saturated heterocycles. The Morgan fingerprint density at radius 3 is 1.62 bits per heavy atom. The fraction of sp³-hybridized carbons (Fsp3) is 0.429. The van der Waals surface area contributed by atoms with Gasteiger partial charge in [0.05, 0.1) is 0 Å². The van der Waals surface area contributed by atoms with Crippen molar-refractivity contribution < 1.29 is 0 Å². The van der Waals surface area contributed by atoms with E-state index >= 15 is 0 Å². The fourth-order valence-electron chi connectivity index (χ4n) is 1.92. The largest absolute Gasteiger partial charge is 0.0991 e. The van der Waals surface area contributed by atoms with Crippen molar-refractivity contribution in [1.29, 1.82) is 0 Å². The van der Waals surface area contributed by atoms with Gasteiger partial charge < -0.3 is 0 Å². The molecular weight excluding hydrogens is 252 g/mol. The van der Waals surface area contributed by atoms with Gasteiger partial charge in [0.15, 0.2) is 0 Å². The molecule has 0 aromatic heterocycles. The number of hydrogen-bond acceptors (Lipinski definition) is 0. The number of rotatable bonds is 13. The summed E-state index contributed by atoms with van der Waals surface area (Å²) in [6.45, 7) is 5.88. The van der Waals surface area contributed by atoms with Gasteiger partial charge in [-0.25, -0.2) is 0 Å². The fourth-order valence-corrected chi connectivity index (χ4v) is 1.92. The van der Waals surface area contributed by atoms with E-state index in [4.69, 9.17) is 0 Å². The second-order valence-corrected chi connectivity index (χ2v) is 5.11. The summed E-state index contributed by atoms with van der Waals surface area (Å²) >= 11 is 0. The molecule has 0 aliphatic heterocycles. The summed E-state index contributed by atoms with van der Waals surface area (Å²) in [6, 6.07) is 0. The number of hydrogen-bond donors (Lipinski definition) is 0. The smallest absolute Gasteiger partial charge is 0.0348 e. The van der Waals surface area contributed by atoms with Crippen molar-refractivity contribution in [2.75, 3.05) is 0 Å². The minimum absolute atomic E-state index is 1.20. The predicted molar refractivity (Wildman–Crippen MR) is 98.5 cm³/mol. The molecule has 0 aromatic carbocycles. The van der Waals surface area contributed by atoms with Crippen molar-refractivity contribution in [3.8, 4) is 0 Å². The molecule has 0 N–H and O–H groups in total. The molecule has 0 spiro atoms. The third-order valence-corrected chi connectivity index (χ3v) is 3.14. The molecule has 21 heavy (non-hydrogen) atoms. The van der Waals surface area contributed by atoms with E-state index in [1.807, 2.05) is 36.5 Å². The lowest BCUT2D eigenvalue weighted by atomic mass is 10.1. The summed E-state index contributed by atoms with van der Waals surface area (Å²) in [4.78, 5) is 0. The van der Waals surface area contributed by atoms with Gasteiger partial charge in [0.25, 0.3) is 0 Å². The lowest BCUT2D eigenvalue weighted by Gasteiger charge is -1.98. The van der Waals surface area contributed by atoms with E-state index in [1.165, 1.54) is 51.4 Å². The molecule has 0 unspecified atom stereocenters. The Morgan fingerprint density at radius 1 is 0.571 bits per heavy atom. The van der Waals surface area contributed by atoms with Crippen LogP contribution in [0.3, 0.4) is 0 Å². The SMILES string of the molecule is C=C/C=C/C=C/C=C/C=C/C=C/CCCCCCCCC. The summed E-state index contributed by atoms with van der Waals surface area (Å²) in [5.41, 5.74) is 0. The molecule has 0 fully saturated rings. The lowest BCUT2D eigenvalue weighted by Crippen LogP contribution is -1.78. The number of unbranched alkanes of at least 4 members (excludes halogenated alkanes) is 7. The Morgan fingerprint density at radius 2 is 1.05 bits per heavy atom. The van der Waals surface area contributed by atoms with Crippen LogP contribution in [0.2, 0.25) is 0 Å². The Bertz CT molecular complexity index is 350. The van der Waals surface area contributed by atoms with Crippen LogP contribution in [0.1, 0.15) is 58.3 Å². The molecule has 0 bridgehead atoms. The van der Waals surface area contributed by atoms with Gasteiger partial charge in [-0.3, -0.25) is 0 Å². The molecule has 0 aliphatic rings. The Hall–Kier alpha value is -1.56. The van der Waals surface area contributed by atoms with Crippen LogP contribution in [0.15, 0.2) is 73.4 Å². The van der Waals surface area contributed by atoms with Gasteiger partial charge in [-0.1, -0.05) is 119 Å². The van der Waals surface area contributed by atoms with Gasteiger partial charge in [-0.2, -0.15) is 0 Å². The Labute approximate surface area is 132 Å². The van der Waals surface area contributed by atoms with Crippen molar-refractivity contribution in [1.82, 2.24) is 0 Å². The van der Waals surface area contributed by atoms with E-state index in [1.54, 1.807) is 6.08 Å². The average molecular weight is 284 g/mol. The van der Waals surface area contributed by atoms with Crippen molar-refractivity contribution >= 4 is 0 Å². The van der Waals surface area contributed by atoms with Crippen LogP contribution in [0.5, 0.6) is 0 Å². The summed E-state index contributed by atoms with van der Waals surface area (Å²) in [5.74, 6) is 0. The maximum absolute atomic E-state index is 3.61. The topological polar surface area (TPSA) is 0 Å². The molecule has 0 heterocycles. The lowest BCUT2D eigenvalue weighted by molar-refractivity contribution is 0.592.